The number of hydrogen-bond donors (Lipinski definition) is 0. The van der Waals surface area contributed by atoms with Crippen molar-refractivity contribution < 1.29 is 0 Å². The monoisotopic (exact) mass is 166 g/mol. The lowest BCUT2D eigenvalue weighted by Gasteiger charge is -1.98. The molecule has 0 aromatic heterocycles. The van der Waals surface area contributed by atoms with E-state index in [0.29, 0.717) is 0 Å². The molecular formula is C13H10. The second-order valence-corrected chi connectivity index (χ2v) is 2.89. The Labute approximate surface area is 78.6 Å². The van der Waals surface area contributed by atoms with Crippen LogP contribution in [0.1, 0.15) is 12.0 Å². The summed E-state index contributed by atoms with van der Waals surface area (Å²) in [4.78, 5) is 0. The predicted molar refractivity (Wildman–Crippen MR) is 56.0 cm³/mol. The summed E-state index contributed by atoms with van der Waals surface area (Å²) in [5.74, 6) is 6.06. The van der Waals surface area contributed by atoms with Crippen LogP contribution in [0.15, 0.2) is 48.6 Å². The lowest BCUT2D eigenvalue weighted by atomic mass is 10.1. The molecule has 0 heterocycles. The molecule has 0 saturated heterocycles. The summed E-state index contributed by atoms with van der Waals surface area (Å²) in [7, 11) is 0. The van der Waals surface area contributed by atoms with E-state index in [-0.39, 0.29) is 0 Å². The molecule has 1 aliphatic rings. The van der Waals surface area contributed by atoms with Crippen molar-refractivity contribution in [3.8, 4) is 11.8 Å². The lowest BCUT2D eigenvalue weighted by molar-refractivity contribution is 1.48. The van der Waals surface area contributed by atoms with Gasteiger partial charge in [0.1, 0.15) is 0 Å². The van der Waals surface area contributed by atoms with Gasteiger partial charge in [-0.25, -0.2) is 0 Å². The highest BCUT2D eigenvalue weighted by atomic mass is 14.0. The van der Waals surface area contributed by atoms with Gasteiger partial charge in [-0.05, 0) is 17.2 Å². The van der Waals surface area contributed by atoms with Gasteiger partial charge in [0.2, 0.25) is 0 Å². The number of benzene rings is 1. The number of rotatable bonds is 1. The molecular weight excluding hydrogens is 156 g/mol. The quantitative estimate of drug-likeness (QED) is 0.562. The molecule has 0 nitrogen and oxygen atoms in total. The molecule has 0 heteroatoms. The second kappa shape index (κ2) is 3.78. The highest BCUT2D eigenvalue weighted by Crippen LogP contribution is 2.16. The van der Waals surface area contributed by atoms with Crippen molar-refractivity contribution in [2.75, 3.05) is 0 Å². The van der Waals surface area contributed by atoms with Crippen LogP contribution in [-0.4, -0.2) is 0 Å². The first kappa shape index (κ1) is 7.89. The van der Waals surface area contributed by atoms with Crippen molar-refractivity contribution in [1.82, 2.24) is 0 Å². The second-order valence-electron chi connectivity index (χ2n) is 2.89. The number of hydrogen-bond acceptors (Lipinski definition) is 0. The third-order valence-electron chi connectivity index (χ3n) is 1.95. The molecule has 1 aliphatic carbocycles. The fourth-order valence-corrected chi connectivity index (χ4v) is 1.29. The highest BCUT2D eigenvalue weighted by Gasteiger charge is 1.95. The van der Waals surface area contributed by atoms with Gasteiger partial charge in [-0.3, -0.25) is 0 Å². The van der Waals surface area contributed by atoms with Crippen LogP contribution in [0.25, 0.3) is 5.57 Å². The fourth-order valence-electron chi connectivity index (χ4n) is 1.29. The van der Waals surface area contributed by atoms with Gasteiger partial charge in [0.15, 0.2) is 0 Å². The Bertz CT molecular complexity index is 397. The summed E-state index contributed by atoms with van der Waals surface area (Å²) < 4.78 is 0. The van der Waals surface area contributed by atoms with Crippen LogP contribution < -0.4 is 0 Å². The molecule has 0 saturated carbocycles. The molecule has 1 aromatic carbocycles. The van der Waals surface area contributed by atoms with E-state index in [1.807, 2.05) is 24.3 Å². The van der Waals surface area contributed by atoms with Crippen LogP contribution >= 0.6 is 0 Å². The summed E-state index contributed by atoms with van der Waals surface area (Å²) in [5, 5.41) is 0. The first-order valence-electron chi connectivity index (χ1n) is 4.37. The molecule has 0 radical (unpaired) electrons. The van der Waals surface area contributed by atoms with Crippen molar-refractivity contribution in [3.63, 3.8) is 0 Å². The average molecular weight is 166 g/mol. The van der Waals surface area contributed by atoms with E-state index in [9.17, 15) is 0 Å². The topological polar surface area (TPSA) is 0 Å². The Balaban J connectivity index is 2.38. The lowest BCUT2D eigenvalue weighted by Crippen LogP contribution is -1.78. The van der Waals surface area contributed by atoms with E-state index in [1.54, 1.807) is 0 Å². The summed E-state index contributed by atoms with van der Waals surface area (Å²) >= 11 is 0. The largest absolute Gasteiger partial charge is 0.0943 e. The molecule has 62 valence electrons. The van der Waals surface area contributed by atoms with Crippen LogP contribution in [0, 0.1) is 11.8 Å². The van der Waals surface area contributed by atoms with Crippen LogP contribution in [0.3, 0.4) is 0 Å². The molecule has 2 rings (SSSR count). The van der Waals surface area contributed by atoms with Gasteiger partial charge in [0.25, 0.3) is 0 Å². The van der Waals surface area contributed by atoms with E-state index in [4.69, 9.17) is 0 Å². The third kappa shape index (κ3) is 1.89. The maximum atomic E-state index is 3.03. The molecule has 0 amide bonds. The molecule has 0 spiro atoms. The van der Waals surface area contributed by atoms with Crippen molar-refractivity contribution in [2.24, 2.45) is 0 Å². The SMILES string of the molecule is C1#CCC=CC(c2ccccc2)=C1. The zero-order chi connectivity index (χ0) is 8.93. The minimum atomic E-state index is 0.854. The van der Waals surface area contributed by atoms with E-state index in [0.717, 1.165) is 6.42 Å². The molecule has 13 heavy (non-hydrogen) atoms. The van der Waals surface area contributed by atoms with Gasteiger partial charge in [-0.2, -0.15) is 0 Å². The van der Waals surface area contributed by atoms with Gasteiger partial charge in [0, 0.05) is 6.42 Å². The van der Waals surface area contributed by atoms with Gasteiger partial charge >= 0.3 is 0 Å². The molecule has 0 aliphatic heterocycles. The van der Waals surface area contributed by atoms with E-state index in [1.165, 1.54) is 11.1 Å². The first-order chi connectivity index (χ1) is 6.47. The Hall–Kier alpha value is -1.74. The summed E-state index contributed by atoms with van der Waals surface area (Å²) in [5.41, 5.74) is 2.43. The van der Waals surface area contributed by atoms with Crippen molar-refractivity contribution >= 4 is 5.57 Å². The van der Waals surface area contributed by atoms with Gasteiger partial charge in [0.05, 0.1) is 0 Å². The number of allylic oxidation sites excluding steroid dienone is 4. The fraction of sp³-hybridized carbons (Fsp3) is 0.0769. The summed E-state index contributed by atoms with van der Waals surface area (Å²) in [6.07, 6.45) is 7.03. The standard InChI is InChI=1S/C13H10/c1-2-5-9-12(8-4-1)13-10-6-3-7-11-13/h3-4,6-11H,1H2. The zero-order valence-electron chi connectivity index (χ0n) is 7.33. The van der Waals surface area contributed by atoms with Gasteiger partial charge in [-0.1, -0.05) is 54.3 Å². The minimum absolute atomic E-state index is 0.854. The smallest absolute Gasteiger partial charge is 0.0276 e. The minimum Gasteiger partial charge on any atom is -0.0943 e. The summed E-state index contributed by atoms with van der Waals surface area (Å²) in [6, 6.07) is 10.3. The highest BCUT2D eigenvalue weighted by molar-refractivity contribution is 5.76. The average Bonchev–Trinajstić information content (AvgIpc) is 2.47. The Morgan fingerprint density at radius 1 is 1.08 bits per heavy atom. The molecule has 0 bridgehead atoms. The Morgan fingerprint density at radius 3 is 2.77 bits per heavy atom. The molecule has 1 aromatic rings. The third-order valence-corrected chi connectivity index (χ3v) is 1.95. The molecule has 0 unspecified atom stereocenters. The predicted octanol–water partition coefficient (Wildman–Crippen LogP) is 3.03. The maximum Gasteiger partial charge on any atom is 0.0276 e. The van der Waals surface area contributed by atoms with Crippen molar-refractivity contribution in [1.29, 1.82) is 0 Å². The van der Waals surface area contributed by atoms with Crippen LogP contribution in [0.4, 0.5) is 0 Å². The maximum absolute atomic E-state index is 3.03. The van der Waals surface area contributed by atoms with Crippen molar-refractivity contribution in [2.45, 2.75) is 6.42 Å². The van der Waals surface area contributed by atoms with E-state index >= 15 is 0 Å². The zero-order valence-corrected chi connectivity index (χ0v) is 7.33. The van der Waals surface area contributed by atoms with E-state index < -0.39 is 0 Å². The van der Waals surface area contributed by atoms with E-state index in [2.05, 4.69) is 36.1 Å². The van der Waals surface area contributed by atoms with Crippen LogP contribution in [-0.2, 0) is 0 Å². The summed E-state index contributed by atoms with van der Waals surface area (Å²) in [6.45, 7) is 0. The molecule has 0 fully saturated rings. The Kier molecular flexibility index (Phi) is 2.29. The Morgan fingerprint density at radius 2 is 1.92 bits per heavy atom. The normalized spacial score (nSPS) is 14.0. The van der Waals surface area contributed by atoms with Gasteiger partial charge < -0.3 is 0 Å². The molecule has 0 N–H and O–H groups in total. The van der Waals surface area contributed by atoms with Gasteiger partial charge in [-0.15, -0.1) is 0 Å². The molecule has 0 atom stereocenters. The van der Waals surface area contributed by atoms with Crippen LogP contribution in [0.5, 0.6) is 0 Å². The van der Waals surface area contributed by atoms with Crippen molar-refractivity contribution in [3.05, 3.63) is 54.1 Å². The first-order valence-corrected chi connectivity index (χ1v) is 4.37. The van der Waals surface area contributed by atoms with Crippen LogP contribution in [0.2, 0.25) is 0 Å².